The first kappa shape index (κ1) is 21.4. The second kappa shape index (κ2) is 9.97. The van der Waals surface area contributed by atoms with Crippen LogP contribution < -0.4 is 10.6 Å². The normalized spacial score (nSPS) is 11.7. The van der Waals surface area contributed by atoms with Gasteiger partial charge in [0, 0.05) is 24.5 Å². The molecule has 2 N–H and O–H groups in total. The van der Waals surface area contributed by atoms with Gasteiger partial charge in [-0.3, -0.25) is 14.9 Å². The third-order valence-electron chi connectivity index (χ3n) is 4.23. The van der Waals surface area contributed by atoms with Crippen molar-refractivity contribution in [3.8, 4) is 0 Å². The van der Waals surface area contributed by atoms with Gasteiger partial charge in [-0.25, -0.2) is 9.97 Å². The van der Waals surface area contributed by atoms with E-state index in [9.17, 15) is 9.59 Å². The van der Waals surface area contributed by atoms with E-state index in [1.54, 1.807) is 24.5 Å². The van der Waals surface area contributed by atoms with Crippen LogP contribution in [0.3, 0.4) is 0 Å². The van der Waals surface area contributed by atoms with Gasteiger partial charge in [-0.1, -0.05) is 29.5 Å². The molecule has 0 aliphatic rings. The van der Waals surface area contributed by atoms with Gasteiger partial charge in [0.05, 0.1) is 11.8 Å². The van der Waals surface area contributed by atoms with Gasteiger partial charge in [0.2, 0.25) is 11.9 Å². The predicted molar refractivity (Wildman–Crippen MR) is 114 cm³/mol. The topological polar surface area (TPSA) is 115 Å². The molecule has 0 bridgehead atoms. The third kappa shape index (κ3) is 5.41. The fourth-order valence-corrected chi connectivity index (χ4v) is 3.62. The van der Waals surface area contributed by atoms with Crippen molar-refractivity contribution in [3.05, 3.63) is 59.7 Å². The average molecular weight is 426 g/mol. The number of carbonyl (C=O) groups excluding carboxylic acids is 2. The van der Waals surface area contributed by atoms with Gasteiger partial charge in [0.1, 0.15) is 0 Å². The molecular weight excluding hydrogens is 402 g/mol. The van der Waals surface area contributed by atoms with Gasteiger partial charge >= 0.3 is 0 Å². The molecule has 0 aliphatic carbocycles. The van der Waals surface area contributed by atoms with Crippen LogP contribution in [0.1, 0.15) is 41.6 Å². The minimum Gasteiger partial charge on any atom is -0.342 e. The van der Waals surface area contributed by atoms with Crippen LogP contribution in [0.5, 0.6) is 0 Å². The van der Waals surface area contributed by atoms with Crippen molar-refractivity contribution in [1.29, 1.82) is 0 Å². The van der Waals surface area contributed by atoms with E-state index in [0.717, 1.165) is 5.56 Å². The Hall–Kier alpha value is -3.27. The van der Waals surface area contributed by atoms with E-state index < -0.39 is 0 Å². The molecule has 3 aromatic rings. The lowest BCUT2D eigenvalue weighted by Gasteiger charge is -2.15. The molecule has 0 spiro atoms. The Balaban J connectivity index is 1.63. The number of rotatable bonds is 8. The minimum absolute atomic E-state index is 0.139. The van der Waals surface area contributed by atoms with Crippen molar-refractivity contribution in [2.24, 2.45) is 0 Å². The number of hydrogen-bond acceptors (Lipinski definition) is 7. The van der Waals surface area contributed by atoms with Crippen molar-refractivity contribution < 1.29 is 9.59 Å². The molecular formula is C20H23N7O2S. The Kier molecular flexibility index (Phi) is 7.12. The van der Waals surface area contributed by atoms with Gasteiger partial charge < -0.3 is 9.88 Å². The van der Waals surface area contributed by atoms with E-state index >= 15 is 0 Å². The van der Waals surface area contributed by atoms with Crippen molar-refractivity contribution in [3.63, 3.8) is 0 Å². The SMILES string of the molecule is CCn1c(SCC(=O)Nc2ncccn2)nnc1[C@H](C)NC(=O)c1cccc(C)c1. The van der Waals surface area contributed by atoms with Gasteiger partial charge in [-0.2, -0.15) is 0 Å². The number of hydrogen-bond donors (Lipinski definition) is 2. The maximum Gasteiger partial charge on any atom is 0.251 e. The number of nitrogens with one attached hydrogen (secondary N) is 2. The molecule has 0 saturated heterocycles. The molecule has 0 saturated carbocycles. The number of carbonyl (C=O) groups is 2. The molecule has 0 radical (unpaired) electrons. The summed E-state index contributed by atoms with van der Waals surface area (Å²) in [6, 6.07) is 8.74. The summed E-state index contributed by atoms with van der Waals surface area (Å²) in [5.74, 6) is 0.619. The van der Waals surface area contributed by atoms with E-state index in [0.29, 0.717) is 23.1 Å². The number of amides is 2. The molecule has 0 fully saturated rings. The first-order chi connectivity index (χ1) is 14.5. The number of aromatic nitrogens is 5. The Morgan fingerprint density at radius 3 is 2.63 bits per heavy atom. The summed E-state index contributed by atoms with van der Waals surface area (Å²) in [6.07, 6.45) is 3.12. The van der Waals surface area contributed by atoms with E-state index in [-0.39, 0.29) is 29.6 Å². The summed E-state index contributed by atoms with van der Waals surface area (Å²) in [5.41, 5.74) is 1.61. The monoisotopic (exact) mass is 425 g/mol. The molecule has 1 atom stereocenters. The lowest BCUT2D eigenvalue weighted by molar-refractivity contribution is -0.113. The molecule has 30 heavy (non-hydrogen) atoms. The molecule has 156 valence electrons. The van der Waals surface area contributed by atoms with Crippen LogP contribution in [0, 0.1) is 6.92 Å². The highest BCUT2D eigenvalue weighted by Crippen LogP contribution is 2.21. The maximum absolute atomic E-state index is 12.5. The molecule has 2 amide bonds. The highest BCUT2D eigenvalue weighted by molar-refractivity contribution is 7.99. The fourth-order valence-electron chi connectivity index (χ4n) is 2.81. The zero-order valence-electron chi connectivity index (χ0n) is 17.0. The van der Waals surface area contributed by atoms with Crippen molar-refractivity contribution >= 4 is 29.5 Å². The number of benzene rings is 1. The van der Waals surface area contributed by atoms with Crippen molar-refractivity contribution in [1.82, 2.24) is 30.0 Å². The van der Waals surface area contributed by atoms with Crippen LogP contribution in [0.4, 0.5) is 5.95 Å². The molecule has 1 aromatic carbocycles. The molecule has 3 rings (SSSR count). The Bertz CT molecular complexity index is 1020. The summed E-state index contributed by atoms with van der Waals surface area (Å²) in [5, 5.41) is 14.6. The van der Waals surface area contributed by atoms with E-state index in [4.69, 9.17) is 0 Å². The van der Waals surface area contributed by atoms with Gasteiger partial charge in [-0.05, 0) is 39.0 Å². The second-order valence-electron chi connectivity index (χ2n) is 6.56. The molecule has 2 heterocycles. The lowest BCUT2D eigenvalue weighted by atomic mass is 10.1. The maximum atomic E-state index is 12.5. The van der Waals surface area contributed by atoms with E-state index in [2.05, 4.69) is 30.8 Å². The van der Waals surface area contributed by atoms with Crippen LogP contribution in [-0.4, -0.2) is 42.3 Å². The molecule has 10 heteroatoms. The van der Waals surface area contributed by atoms with Crippen LogP contribution in [0.2, 0.25) is 0 Å². The molecule has 9 nitrogen and oxygen atoms in total. The highest BCUT2D eigenvalue weighted by atomic mass is 32.2. The number of aryl methyl sites for hydroxylation is 1. The Morgan fingerprint density at radius 1 is 1.17 bits per heavy atom. The van der Waals surface area contributed by atoms with E-state index in [1.807, 2.05) is 43.5 Å². The van der Waals surface area contributed by atoms with Crippen LogP contribution >= 0.6 is 11.8 Å². The Labute approximate surface area is 178 Å². The third-order valence-corrected chi connectivity index (χ3v) is 5.19. The van der Waals surface area contributed by atoms with Crippen LogP contribution in [0.25, 0.3) is 0 Å². The van der Waals surface area contributed by atoms with E-state index in [1.165, 1.54) is 11.8 Å². The second-order valence-corrected chi connectivity index (χ2v) is 7.50. The standard InChI is InChI=1S/C20H23N7O2S/c1-4-27-17(14(3)23-18(29)15-8-5-7-13(2)11-15)25-26-20(27)30-12-16(28)24-19-21-9-6-10-22-19/h5-11,14H,4,12H2,1-3H3,(H,23,29)(H,21,22,24,28)/t14-/m0/s1. The molecule has 2 aromatic heterocycles. The minimum atomic E-state index is -0.341. The smallest absolute Gasteiger partial charge is 0.251 e. The zero-order chi connectivity index (χ0) is 21.5. The van der Waals surface area contributed by atoms with Gasteiger partial charge in [0.25, 0.3) is 5.91 Å². The summed E-state index contributed by atoms with van der Waals surface area (Å²) in [7, 11) is 0. The Morgan fingerprint density at radius 2 is 1.93 bits per heavy atom. The summed E-state index contributed by atoms with van der Waals surface area (Å²) >= 11 is 1.26. The molecule has 0 aliphatic heterocycles. The predicted octanol–water partition coefficient (Wildman–Crippen LogP) is 2.62. The summed E-state index contributed by atoms with van der Waals surface area (Å²) in [4.78, 5) is 32.6. The van der Waals surface area contributed by atoms with Gasteiger partial charge in [-0.15, -0.1) is 10.2 Å². The van der Waals surface area contributed by atoms with Crippen molar-refractivity contribution in [2.75, 3.05) is 11.1 Å². The summed E-state index contributed by atoms with van der Waals surface area (Å²) in [6.45, 7) is 6.37. The molecule has 0 unspecified atom stereocenters. The fraction of sp³-hybridized carbons (Fsp3) is 0.300. The number of thioether (sulfide) groups is 1. The zero-order valence-corrected chi connectivity index (χ0v) is 17.8. The average Bonchev–Trinajstić information content (AvgIpc) is 3.16. The largest absolute Gasteiger partial charge is 0.342 e. The number of anilines is 1. The number of nitrogens with zero attached hydrogens (tertiary/aromatic N) is 5. The first-order valence-corrected chi connectivity index (χ1v) is 10.5. The quantitative estimate of drug-likeness (QED) is 0.533. The van der Waals surface area contributed by atoms with Crippen molar-refractivity contribution in [2.45, 2.75) is 38.5 Å². The van der Waals surface area contributed by atoms with Crippen LogP contribution in [0.15, 0.2) is 47.9 Å². The first-order valence-electron chi connectivity index (χ1n) is 9.48. The lowest BCUT2D eigenvalue weighted by Crippen LogP contribution is -2.28. The summed E-state index contributed by atoms with van der Waals surface area (Å²) < 4.78 is 1.89. The van der Waals surface area contributed by atoms with Gasteiger partial charge in [0.15, 0.2) is 11.0 Å². The highest BCUT2D eigenvalue weighted by Gasteiger charge is 2.20. The van der Waals surface area contributed by atoms with Crippen LogP contribution in [-0.2, 0) is 11.3 Å².